The van der Waals surface area contributed by atoms with Gasteiger partial charge in [0, 0.05) is 6.54 Å². The van der Waals surface area contributed by atoms with E-state index < -0.39 is 11.9 Å². The lowest BCUT2D eigenvalue weighted by Gasteiger charge is -2.29. The summed E-state index contributed by atoms with van der Waals surface area (Å²) in [6, 6.07) is 3.22. The van der Waals surface area contributed by atoms with Gasteiger partial charge in [0.1, 0.15) is 5.92 Å². The number of carbonyl (C=O) groups excluding carboxylic acids is 1. The number of ether oxygens (including phenoxy) is 1. The quantitative estimate of drug-likeness (QED) is 0.893. The first-order valence-electron chi connectivity index (χ1n) is 6.30. The Labute approximate surface area is 115 Å². The van der Waals surface area contributed by atoms with Crippen LogP contribution in [0.2, 0.25) is 0 Å². The molecule has 1 amide bonds. The maximum absolute atomic E-state index is 12.4. The molecule has 6 heteroatoms. The lowest BCUT2D eigenvalue weighted by Crippen LogP contribution is -2.46. The highest BCUT2D eigenvalue weighted by molar-refractivity contribution is 7.12. The first-order valence-corrected chi connectivity index (χ1v) is 7.18. The van der Waals surface area contributed by atoms with Gasteiger partial charge in [-0.15, -0.1) is 11.3 Å². The number of aliphatic carboxylic acids is 1. The van der Waals surface area contributed by atoms with E-state index >= 15 is 0 Å². The van der Waals surface area contributed by atoms with Crippen molar-refractivity contribution in [1.29, 1.82) is 0 Å². The third-order valence-electron chi connectivity index (χ3n) is 3.23. The van der Waals surface area contributed by atoms with Crippen LogP contribution in [-0.4, -0.2) is 47.7 Å². The molecule has 2 unspecified atom stereocenters. The van der Waals surface area contributed by atoms with Gasteiger partial charge in [0.25, 0.3) is 5.91 Å². The van der Waals surface area contributed by atoms with Gasteiger partial charge in [0.05, 0.1) is 24.1 Å². The maximum Gasteiger partial charge on any atom is 0.311 e. The summed E-state index contributed by atoms with van der Waals surface area (Å²) in [5, 5.41) is 11.0. The summed E-state index contributed by atoms with van der Waals surface area (Å²) in [6.45, 7) is 3.00. The Morgan fingerprint density at radius 1 is 1.53 bits per heavy atom. The fourth-order valence-corrected chi connectivity index (χ4v) is 2.97. The van der Waals surface area contributed by atoms with Crippen LogP contribution in [0.3, 0.4) is 0 Å². The van der Waals surface area contributed by atoms with Gasteiger partial charge in [-0.05, 0) is 17.9 Å². The maximum atomic E-state index is 12.4. The summed E-state index contributed by atoms with van der Waals surface area (Å²) in [6.07, 6.45) is 0.792. The van der Waals surface area contributed by atoms with Crippen molar-refractivity contribution in [3.63, 3.8) is 0 Å². The van der Waals surface area contributed by atoms with Crippen molar-refractivity contribution >= 4 is 23.2 Å². The normalized spacial score (nSPS) is 22.4. The minimum absolute atomic E-state index is 0.0985. The van der Waals surface area contributed by atoms with Gasteiger partial charge >= 0.3 is 5.97 Å². The van der Waals surface area contributed by atoms with Crippen molar-refractivity contribution in [3.05, 3.63) is 22.4 Å². The number of hydrogen-bond donors (Lipinski definition) is 1. The van der Waals surface area contributed by atoms with Gasteiger partial charge in [-0.1, -0.05) is 13.0 Å². The standard InChI is InChI=1S/C13H17NO4S/c1-2-5-14(12(15)11-4-3-6-19-11)10-8-18-7-9(10)13(16)17/h3-4,6,9-10H,2,5,7-8H2,1H3,(H,16,17). The van der Waals surface area contributed by atoms with Gasteiger partial charge in [-0.3, -0.25) is 9.59 Å². The largest absolute Gasteiger partial charge is 0.481 e. The van der Waals surface area contributed by atoms with Crippen LogP contribution in [0.4, 0.5) is 0 Å². The molecule has 2 atom stereocenters. The zero-order valence-electron chi connectivity index (χ0n) is 10.7. The second-order valence-corrected chi connectivity index (χ2v) is 5.47. The van der Waals surface area contributed by atoms with Crippen LogP contribution in [0.1, 0.15) is 23.0 Å². The molecule has 19 heavy (non-hydrogen) atoms. The Hall–Kier alpha value is -1.40. The Balaban J connectivity index is 2.20. The van der Waals surface area contributed by atoms with Crippen molar-refractivity contribution < 1.29 is 19.4 Å². The van der Waals surface area contributed by atoms with E-state index in [0.717, 1.165) is 6.42 Å². The van der Waals surface area contributed by atoms with Crippen molar-refractivity contribution in [3.8, 4) is 0 Å². The minimum Gasteiger partial charge on any atom is -0.481 e. The fourth-order valence-electron chi connectivity index (χ4n) is 2.29. The van der Waals surface area contributed by atoms with E-state index in [9.17, 15) is 14.7 Å². The average molecular weight is 283 g/mol. The summed E-state index contributed by atoms with van der Waals surface area (Å²) in [4.78, 5) is 25.9. The zero-order chi connectivity index (χ0) is 13.8. The first kappa shape index (κ1) is 14.0. The summed E-state index contributed by atoms with van der Waals surface area (Å²) < 4.78 is 5.25. The number of carboxylic acid groups (broad SMARTS) is 1. The van der Waals surface area contributed by atoms with Crippen LogP contribution in [-0.2, 0) is 9.53 Å². The summed E-state index contributed by atoms with van der Waals surface area (Å²) in [7, 11) is 0. The van der Waals surface area contributed by atoms with Crippen LogP contribution in [0.25, 0.3) is 0 Å². The van der Waals surface area contributed by atoms with Crippen LogP contribution in [0.15, 0.2) is 17.5 Å². The third kappa shape index (κ3) is 2.96. The average Bonchev–Trinajstić information content (AvgIpc) is 3.05. The topological polar surface area (TPSA) is 66.8 Å². The van der Waals surface area contributed by atoms with Crippen molar-refractivity contribution in [1.82, 2.24) is 4.90 Å². The molecule has 104 valence electrons. The number of carbonyl (C=O) groups is 2. The van der Waals surface area contributed by atoms with Crippen molar-refractivity contribution in [2.24, 2.45) is 5.92 Å². The van der Waals surface area contributed by atoms with Gasteiger partial charge < -0.3 is 14.7 Å². The number of rotatable bonds is 5. The SMILES string of the molecule is CCCN(C(=O)c1cccs1)C1COCC1C(=O)O. The predicted molar refractivity (Wildman–Crippen MR) is 71.4 cm³/mol. The first-order chi connectivity index (χ1) is 9.15. The highest BCUT2D eigenvalue weighted by Crippen LogP contribution is 2.23. The third-order valence-corrected chi connectivity index (χ3v) is 4.08. The van der Waals surface area contributed by atoms with Gasteiger partial charge in [-0.25, -0.2) is 0 Å². The van der Waals surface area contributed by atoms with Crippen molar-refractivity contribution in [2.45, 2.75) is 19.4 Å². The van der Waals surface area contributed by atoms with Crippen LogP contribution < -0.4 is 0 Å². The van der Waals surface area contributed by atoms with E-state index in [0.29, 0.717) is 18.0 Å². The molecule has 0 bridgehead atoms. The minimum atomic E-state index is -0.900. The van der Waals surface area contributed by atoms with Crippen LogP contribution in [0, 0.1) is 5.92 Å². The smallest absolute Gasteiger partial charge is 0.311 e. The predicted octanol–water partition coefficient (Wildman–Crippen LogP) is 1.70. The molecular formula is C13H17NO4S. The van der Waals surface area contributed by atoms with Gasteiger partial charge in [0.2, 0.25) is 0 Å². The van der Waals surface area contributed by atoms with E-state index in [4.69, 9.17) is 4.74 Å². The van der Waals surface area contributed by atoms with Gasteiger partial charge in [0.15, 0.2) is 0 Å². The second kappa shape index (κ2) is 6.16. The van der Waals surface area contributed by atoms with Gasteiger partial charge in [-0.2, -0.15) is 0 Å². The number of carboxylic acids is 1. The summed E-state index contributed by atoms with van der Waals surface area (Å²) >= 11 is 1.37. The fraction of sp³-hybridized carbons (Fsp3) is 0.538. The van der Waals surface area contributed by atoms with Crippen molar-refractivity contribution in [2.75, 3.05) is 19.8 Å². The number of thiophene rings is 1. The lowest BCUT2D eigenvalue weighted by atomic mass is 10.0. The Morgan fingerprint density at radius 3 is 2.89 bits per heavy atom. The van der Waals surface area contributed by atoms with E-state index in [-0.39, 0.29) is 18.6 Å². The molecule has 0 aromatic carbocycles. The molecule has 0 aliphatic carbocycles. The second-order valence-electron chi connectivity index (χ2n) is 4.53. The molecule has 1 N–H and O–H groups in total. The van der Waals surface area contributed by atoms with Crippen LogP contribution >= 0.6 is 11.3 Å². The summed E-state index contributed by atoms with van der Waals surface area (Å²) in [5.41, 5.74) is 0. The van der Waals surface area contributed by atoms with E-state index in [1.165, 1.54) is 11.3 Å². The highest BCUT2D eigenvalue weighted by Gasteiger charge is 2.40. The number of nitrogens with zero attached hydrogens (tertiary/aromatic N) is 1. The van der Waals surface area contributed by atoms with E-state index in [2.05, 4.69) is 0 Å². The molecule has 1 aliphatic heterocycles. The van der Waals surface area contributed by atoms with E-state index in [1.807, 2.05) is 18.4 Å². The molecule has 1 aromatic heterocycles. The number of amides is 1. The molecule has 1 aliphatic rings. The van der Waals surface area contributed by atoms with E-state index in [1.54, 1.807) is 11.0 Å². The van der Waals surface area contributed by atoms with Crippen LogP contribution in [0.5, 0.6) is 0 Å². The summed E-state index contributed by atoms with van der Waals surface area (Å²) in [5.74, 6) is -1.63. The molecule has 1 fully saturated rings. The zero-order valence-corrected chi connectivity index (χ0v) is 11.6. The molecule has 2 heterocycles. The Morgan fingerprint density at radius 2 is 2.32 bits per heavy atom. The highest BCUT2D eigenvalue weighted by atomic mass is 32.1. The molecule has 1 saturated heterocycles. The molecule has 0 radical (unpaired) electrons. The lowest BCUT2D eigenvalue weighted by molar-refractivity contribution is -0.142. The molecule has 0 saturated carbocycles. The molecule has 2 rings (SSSR count). The molecule has 0 spiro atoms. The Kier molecular flexibility index (Phi) is 4.55. The Bertz CT molecular complexity index is 446. The number of hydrogen-bond acceptors (Lipinski definition) is 4. The monoisotopic (exact) mass is 283 g/mol. The molecule has 1 aromatic rings. The molecular weight excluding hydrogens is 266 g/mol. The molecule has 5 nitrogen and oxygen atoms in total.